The Balaban J connectivity index is 4.17. The summed E-state index contributed by atoms with van der Waals surface area (Å²) in [6.07, 6.45) is 5.77. The van der Waals surface area contributed by atoms with E-state index in [-0.39, 0.29) is 6.10 Å². The number of allylic oxidation sites excluding steroid dienone is 2. The van der Waals surface area contributed by atoms with Crippen LogP contribution >= 0.6 is 0 Å². The lowest BCUT2D eigenvalue weighted by Crippen LogP contribution is -2.23. The van der Waals surface area contributed by atoms with Crippen LogP contribution < -0.4 is 0 Å². The van der Waals surface area contributed by atoms with E-state index in [0.717, 1.165) is 6.42 Å². The fourth-order valence-corrected chi connectivity index (χ4v) is 1.02. The fraction of sp³-hybridized carbons (Fsp3) is 0.636. The van der Waals surface area contributed by atoms with Gasteiger partial charge in [0.05, 0.1) is 6.10 Å². The van der Waals surface area contributed by atoms with Gasteiger partial charge in [-0.05, 0) is 12.8 Å². The average molecular weight is 184 g/mol. The molecule has 0 amide bonds. The predicted molar refractivity (Wildman–Crippen MR) is 55.3 cm³/mol. The maximum absolute atomic E-state index is 9.08. The molecule has 76 valence electrons. The summed E-state index contributed by atoms with van der Waals surface area (Å²) in [4.78, 5) is 0. The van der Waals surface area contributed by atoms with Crippen LogP contribution in [0.25, 0.3) is 0 Å². The molecule has 0 aliphatic rings. The van der Waals surface area contributed by atoms with Gasteiger partial charge in [-0.2, -0.15) is 0 Å². The Morgan fingerprint density at radius 2 is 2.08 bits per heavy atom. The number of ether oxygens (including phenoxy) is 1. The van der Waals surface area contributed by atoms with E-state index >= 15 is 0 Å². The van der Waals surface area contributed by atoms with Gasteiger partial charge in [0.1, 0.15) is 0 Å². The van der Waals surface area contributed by atoms with E-state index in [1.807, 2.05) is 12.2 Å². The van der Waals surface area contributed by atoms with Crippen LogP contribution in [0.1, 0.15) is 27.2 Å². The van der Waals surface area contributed by atoms with Gasteiger partial charge in [-0.1, -0.05) is 45.1 Å². The quantitative estimate of drug-likeness (QED) is 0.507. The molecule has 0 spiro atoms. The van der Waals surface area contributed by atoms with E-state index in [1.54, 1.807) is 13.0 Å². The van der Waals surface area contributed by atoms with Gasteiger partial charge in [0, 0.05) is 0 Å². The second-order valence-electron chi connectivity index (χ2n) is 3.21. The highest BCUT2D eigenvalue weighted by atomic mass is 16.6. The first-order valence-corrected chi connectivity index (χ1v) is 4.74. The van der Waals surface area contributed by atoms with Gasteiger partial charge >= 0.3 is 0 Å². The smallest absolute Gasteiger partial charge is 0.152 e. The molecule has 0 fully saturated rings. The van der Waals surface area contributed by atoms with E-state index in [1.165, 1.54) is 0 Å². The van der Waals surface area contributed by atoms with Crippen LogP contribution in [0.3, 0.4) is 0 Å². The van der Waals surface area contributed by atoms with Crippen LogP contribution in [-0.2, 0) is 4.74 Å². The minimum Gasteiger partial charge on any atom is -0.368 e. The van der Waals surface area contributed by atoms with Gasteiger partial charge in [-0.25, -0.2) is 0 Å². The molecule has 0 aromatic rings. The van der Waals surface area contributed by atoms with Crippen LogP contribution in [0, 0.1) is 5.92 Å². The maximum atomic E-state index is 9.08. The molecule has 0 heterocycles. The lowest BCUT2D eigenvalue weighted by atomic mass is 10.0. The zero-order chi connectivity index (χ0) is 10.3. The van der Waals surface area contributed by atoms with Crippen LogP contribution in [0.2, 0.25) is 0 Å². The number of hydrogen-bond acceptors (Lipinski definition) is 2. The van der Waals surface area contributed by atoms with Crippen molar-refractivity contribution in [3.8, 4) is 0 Å². The van der Waals surface area contributed by atoms with Gasteiger partial charge in [0.15, 0.2) is 6.29 Å². The first kappa shape index (κ1) is 12.4. The van der Waals surface area contributed by atoms with Crippen molar-refractivity contribution in [3.63, 3.8) is 0 Å². The van der Waals surface area contributed by atoms with Gasteiger partial charge < -0.3 is 9.84 Å². The summed E-state index contributed by atoms with van der Waals surface area (Å²) in [5, 5.41) is 9.08. The van der Waals surface area contributed by atoms with E-state index in [0.29, 0.717) is 5.92 Å². The van der Waals surface area contributed by atoms with E-state index < -0.39 is 6.29 Å². The molecule has 0 saturated heterocycles. The molecule has 2 nitrogen and oxygen atoms in total. The van der Waals surface area contributed by atoms with Crippen LogP contribution in [0.4, 0.5) is 0 Å². The third-order valence-electron chi connectivity index (χ3n) is 2.00. The molecule has 13 heavy (non-hydrogen) atoms. The minimum atomic E-state index is -0.714. The molecule has 0 saturated carbocycles. The van der Waals surface area contributed by atoms with Crippen LogP contribution in [0.5, 0.6) is 0 Å². The van der Waals surface area contributed by atoms with Gasteiger partial charge in [0.2, 0.25) is 0 Å². The van der Waals surface area contributed by atoms with Crippen molar-refractivity contribution in [3.05, 3.63) is 24.8 Å². The molecule has 0 bridgehead atoms. The molecule has 0 radical (unpaired) electrons. The van der Waals surface area contributed by atoms with E-state index in [4.69, 9.17) is 9.84 Å². The molecule has 0 aliphatic heterocycles. The van der Waals surface area contributed by atoms with Crippen molar-refractivity contribution in [2.24, 2.45) is 5.92 Å². The standard InChI is InChI=1S/C11H20O2/c1-5-7-8-11(9(3)6-2)13-10(4)12/h5,7-12H,1,6H2,2-4H3/b8-7+. The van der Waals surface area contributed by atoms with Crippen molar-refractivity contribution >= 4 is 0 Å². The van der Waals surface area contributed by atoms with Crippen molar-refractivity contribution in [2.75, 3.05) is 0 Å². The summed E-state index contributed by atoms with van der Waals surface area (Å²) in [5.74, 6) is 0.408. The summed E-state index contributed by atoms with van der Waals surface area (Å²) < 4.78 is 5.33. The maximum Gasteiger partial charge on any atom is 0.152 e. The Morgan fingerprint density at radius 3 is 2.46 bits per heavy atom. The van der Waals surface area contributed by atoms with Crippen LogP contribution in [0.15, 0.2) is 24.8 Å². The summed E-state index contributed by atoms with van der Waals surface area (Å²) in [6, 6.07) is 0. The zero-order valence-electron chi connectivity index (χ0n) is 8.73. The summed E-state index contributed by atoms with van der Waals surface area (Å²) >= 11 is 0. The second-order valence-corrected chi connectivity index (χ2v) is 3.21. The molecular weight excluding hydrogens is 164 g/mol. The number of aliphatic hydroxyl groups excluding tert-OH is 1. The summed E-state index contributed by atoms with van der Waals surface area (Å²) in [7, 11) is 0. The molecule has 1 N–H and O–H groups in total. The van der Waals surface area contributed by atoms with Crippen molar-refractivity contribution in [1.82, 2.24) is 0 Å². The number of hydrogen-bond donors (Lipinski definition) is 1. The normalized spacial score (nSPS) is 18.5. The Kier molecular flexibility index (Phi) is 6.55. The van der Waals surface area contributed by atoms with Crippen molar-refractivity contribution < 1.29 is 9.84 Å². The van der Waals surface area contributed by atoms with Crippen molar-refractivity contribution in [2.45, 2.75) is 39.6 Å². The lowest BCUT2D eigenvalue weighted by molar-refractivity contribution is -0.122. The Bertz CT molecular complexity index is 161. The molecule has 0 aromatic heterocycles. The van der Waals surface area contributed by atoms with Crippen molar-refractivity contribution in [1.29, 1.82) is 0 Å². The topological polar surface area (TPSA) is 29.5 Å². The van der Waals surface area contributed by atoms with E-state index in [9.17, 15) is 0 Å². The molecule has 3 unspecified atom stereocenters. The highest BCUT2D eigenvalue weighted by Crippen LogP contribution is 2.14. The molecule has 0 rings (SSSR count). The van der Waals surface area contributed by atoms with Gasteiger partial charge in [-0.3, -0.25) is 0 Å². The molecule has 3 atom stereocenters. The summed E-state index contributed by atoms with van der Waals surface area (Å²) in [6.45, 7) is 9.41. The second kappa shape index (κ2) is 6.87. The first-order valence-electron chi connectivity index (χ1n) is 4.74. The third-order valence-corrected chi connectivity index (χ3v) is 2.00. The zero-order valence-corrected chi connectivity index (χ0v) is 8.73. The van der Waals surface area contributed by atoms with Gasteiger partial charge in [-0.15, -0.1) is 0 Å². The monoisotopic (exact) mass is 184 g/mol. The lowest BCUT2D eigenvalue weighted by Gasteiger charge is -2.21. The molecule has 2 heteroatoms. The minimum absolute atomic E-state index is 0.0250. The molecule has 0 aliphatic carbocycles. The van der Waals surface area contributed by atoms with Gasteiger partial charge in [0.25, 0.3) is 0 Å². The predicted octanol–water partition coefficient (Wildman–Crippen LogP) is 2.50. The third kappa shape index (κ3) is 5.61. The fourth-order valence-electron chi connectivity index (χ4n) is 1.02. The largest absolute Gasteiger partial charge is 0.368 e. The highest BCUT2D eigenvalue weighted by molar-refractivity contribution is 5.02. The van der Waals surface area contributed by atoms with E-state index in [2.05, 4.69) is 20.4 Å². The highest BCUT2D eigenvalue weighted by Gasteiger charge is 2.14. The summed E-state index contributed by atoms with van der Waals surface area (Å²) in [5.41, 5.74) is 0. The molecule has 0 aromatic carbocycles. The average Bonchev–Trinajstić information content (AvgIpc) is 2.10. The number of aliphatic hydroxyl groups is 1. The Labute approximate surface area is 80.9 Å². The number of rotatable bonds is 6. The molecular formula is C11H20O2. The first-order chi connectivity index (χ1) is 6.11. The van der Waals surface area contributed by atoms with Crippen LogP contribution in [-0.4, -0.2) is 17.5 Å². The Morgan fingerprint density at radius 1 is 1.46 bits per heavy atom. The SMILES string of the molecule is C=C/C=C/C(OC(C)O)C(C)CC. The Hall–Kier alpha value is -0.600.